The Labute approximate surface area is 86.6 Å². The summed E-state index contributed by atoms with van der Waals surface area (Å²) in [6.45, 7) is 3.46. The van der Waals surface area contributed by atoms with E-state index in [-0.39, 0.29) is 22.1 Å². The topological polar surface area (TPSA) is 26.3 Å². The number of halogens is 2. The van der Waals surface area contributed by atoms with Crippen molar-refractivity contribution in [3.63, 3.8) is 0 Å². The van der Waals surface area contributed by atoms with Crippen LogP contribution in [0.25, 0.3) is 0 Å². The zero-order valence-corrected chi connectivity index (χ0v) is 8.69. The van der Waals surface area contributed by atoms with E-state index in [1.54, 1.807) is 6.92 Å². The lowest BCUT2D eigenvalue weighted by molar-refractivity contribution is 0.101. The first-order chi connectivity index (χ1) is 6.56. The lowest BCUT2D eigenvalue weighted by Gasteiger charge is -2.07. The Morgan fingerprint density at radius 1 is 1.57 bits per heavy atom. The minimum atomic E-state index is -0.606. The summed E-state index contributed by atoms with van der Waals surface area (Å²) in [6, 6.07) is 2.41. The van der Waals surface area contributed by atoms with Crippen molar-refractivity contribution in [1.82, 2.24) is 0 Å². The van der Waals surface area contributed by atoms with Crippen LogP contribution in [0.1, 0.15) is 24.2 Å². The number of hydrogen-bond acceptors (Lipinski definition) is 2. The molecule has 0 aliphatic carbocycles. The van der Waals surface area contributed by atoms with Crippen molar-refractivity contribution in [3.8, 4) is 5.75 Å². The Balaban J connectivity index is 3.17. The van der Waals surface area contributed by atoms with Crippen LogP contribution in [-0.4, -0.2) is 12.4 Å². The fourth-order valence-electron chi connectivity index (χ4n) is 1.06. The van der Waals surface area contributed by atoms with Gasteiger partial charge in [0.25, 0.3) is 0 Å². The van der Waals surface area contributed by atoms with Gasteiger partial charge in [0.1, 0.15) is 11.6 Å². The number of ketones is 1. The van der Waals surface area contributed by atoms with Crippen molar-refractivity contribution in [2.75, 3.05) is 6.61 Å². The third kappa shape index (κ3) is 2.23. The van der Waals surface area contributed by atoms with E-state index in [0.717, 1.165) is 6.07 Å². The molecule has 0 aliphatic rings. The van der Waals surface area contributed by atoms with Crippen molar-refractivity contribution < 1.29 is 13.9 Å². The van der Waals surface area contributed by atoms with Crippen molar-refractivity contribution in [2.45, 2.75) is 13.8 Å². The summed E-state index contributed by atoms with van der Waals surface area (Å²) in [4.78, 5) is 10.9. The van der Waals surface area contributed by atoms with E-state index < -0.39 is 5.82 Å². The normalized spacial score (nSPS) is 10.0. The highest BCUT2D eigenvalue weighted by atomic mass is 35.5. The molecule has 0 unspecified atom stereocenters. The smallest absolute Gasteiger partial charge is 0.162 e. The summed E-state index contributed by atoms with van der Waals surface area (Å²) in [5.41, 5.74) is -0.0153. The molecule has 4 heteroatoms. The molecular formula is C10H10ClFO2. The van der Waals surface area contributed by atoms with Gasteiger partial charge >= 0.3 is 0 Å². The number of hydrogen-bond donors (Lipinski definition) is 0. The standard InChI is InChI=1S/C10H10ClFO2/c1-3-14-10-5-9(12)7(6(2)13)4-8(10)11/h4-5H,3H2,1-2H3. The predicted molar refractivity (Wildman–Crippen MR) is 52.6 cm³/mol. The van der Waals surface area contributed by atoms with E-state index in [9.17, 15) is 9.18 Å². The third-order valence-electron chi connectivity index (χ3n) is 1.70. The average Bonchev–Trinajstić information content (AvgIpc) is 2.10. The molecule has 0 radical (unpaired) electrons. The number of ether oxygens (including phenoxy) is 1. The predicted octanol–water partition coefficient (Wildman–Crippen LogP) is 3.08. The summed E-state index contributed by atoms with van der Waals surface area (Å²) in [5.74, 6) is -0.700. The van der Waals surface area contributed by atoms with Gasteiger partial charge in [-0.3, -0.25) is 4.79 Å². The van der Waals surface area contributed by atoms with E-state index in [0.29, 0.717) is 6.61 Å². The second-order valence-electron chi connectivity index (χ2n) is 2.75. The molecule has 0 atom stereocenters. The van der Waals surface area contributed by atoms with Crippen LogP contribution in [0, 0.1) is 5.82 Å². The Bertz CT molecular complexity index is 363. The van der Waals surface area contributed by atoms with Gasteiger partial charge in [-0.2, -0.15) is 0 Å². The molecule has 0 aromatic heterocycles. The van der Waals surface area contributed by atoms with Crippen molar-refractivity contribution >= 4 is 17.4 Å². The number of carbonyl (C=O) groups excluding carboxylic acids is 1. The second-order valence-corrected chi connectivity index (χ2v) is 3.16. The monoisotopic (exact) mass is 216 g/mol. The van der Waals surface area contributed by atoms with Crippen LogP contribution in [0.2, 0.25) is 5.02 Å². The zero-order chi connectivity index (χ0) is 10.7. The maximum atomic E-state index is 13.2. The van der Waals surface area contributed by atoms with Crippen molar-refractivity contribution in [2.24, 2.45) is 0 Å². The van der Waals surface area contributed by atoms with Gasteiger partial charge in [0.15, 0.2) is 5.78 Å². The molecule has 1 aromatic carbocycles. The second kappa shape index (κ2) is 4.42. The summed E-state index contributed by atoms with van der Waals surface area (Å²) < 4.78 is 18.3. The van der Waals surface area contributed by atoms with E-state index in [1.807, 2.05) is 0 Å². The van der Waals surface area contributed by atoms with E-state index in [2.05, 4.69) is 0 Å². The molecule has 0 N–H and O–H groups in total. The summed E-state index contributed by atoms with van der Waals surface area (Å²) in [7, 11) is 0. The minimum absolute atomic E-state index is 0.0153. The number of Topliss-reactive ketones (excluding diaryl/α,β-unsaturated/α-hetero) is 1. The fourth-order valence-corrected chi connectivity index (χ4v) is 1.28. The van der Waals surface area contributed by atoms with Crippen LogP contribution in [0.3, 0.4) is 0 Å². The van der Waals surface area contributed by atoms with Gasteiger partial charge in [0, 0.05) is 6.07 Å². The summed E-state index contributed by atoms with van der Waals surface area (Å²) >= 11 is 5.78. The molecule has 2 nitrogen and oxygen atoms in total. The maximum Gasteiger partial charge on any atom is 0.162 e. The van der Waals surface area contributed by atoms with Gasteiger partial charge in [-0.05, 0) is 19.9 Å². The van der Waals surface area contributed by atoms with Crippen LogP contribution in [0.4, 0.5) is 4.39 Å². The molecule has 0 heterocycles. The fraction of sp³-hybridized carbons (Fsp3) is 0.300. The molecule has 1 aromatic rings. The summed E-state index contributed by atoms with van der Waals surface area (Å²) in [5, 5.41) is 0.249. The van der Waals surface area contributed by atoms with Gasteiger partial charge in [-0.25, -0.2) is 4.39 Å². The summed E-state index contributed by atoms with van der Waals surface area (Å²) in [6.07, 6.45) is 0. The molecular weight excluding hydrogens is 207 g/mol. The van der Waals surface area contributed by atoms with E-state index >= 15 is 0 Å². The minimum Gasteiger partial charge on any atom is -0.492 e. The van der Waals surface area contributed by atoms with Gasteiger partial charge in [-0.1, -0.05) is 11.6 Å². The zero-order valence-electron chi connectivity index (χ0n) is 7.93. The molecule has 0 amide bonds. The Kier molecular flexibility index (Phi) is 3.47. The first kappa shape index (κ1) is 11.0. The first-order valence-electron chi connectivity index (χ1n) is 4.19. The molecule has 0 saturated carbocycles. The van der Waals surface area contributed by atoms with Crippen LogP contribution in [-0.2, 0) is 0 Å². The van der Waals surface area contributed by atoms with Crippen molar-refractivity contribution in [1.29, 1.82) is 0 Å². The quantitative estimate of drug-likeness (QED) is 0.726. The van der Waals surface area contributed by atoms with Crippen molar-refractivity contribution in [3.05, 3.63) is 28.5 Å². The number of rotatable bonds is 3. The highest BCUT2D eigenvalue weighted by Crippen LogP contribution is 2.27. The average molecular weight is 217 g/mol. The number of carbonyl (C=O) groups is 1. The Morgan fingerprint density at radius 2 is 2.21 bits per heavy atom. The van der Waals surface area contributed by atoms with Gasteiger partial charge in [-0.15, -0.1) is 0 Å². The molecule has 14 heavy (non-hydrogen) atoms. The highest BCUT2D eigenvalue weighted by molar-refractivity contribution is 6.32. The molecule has 76 valence electrons. The van der Waals surface area contributed by atoms with Crippen LogP contribution in [0.15, 0.2) is 12.1 Å². The van der Waals surface area contributed by atoms with Gasteiger partial charge < -0.3 is 4.74 Å². The highest BCUT2D eigenvalue weighted by Gasteiger charge is 2.12. The third-order valence-corrected chi connectivity index (χ3v) is 2.00. The Hall–Kier alpha value is -1.09. The largest absolute Gasteiger partial charge is 0.492 e. The Morgan fingerprint density at radius 3 is 2.71 bits per heavy atom. The molecule has 0 bridgehead atoms. The van der Waals surface area contributed by atoms with Gasteiger partial charge in [0.2, 0.25) is 0 Å². The van der Waals surface area contributed by atoms with Crippen LogP contribution >= 0.6 is 11.6 Å². The molecule has 0 fully saturated rings. The maximum absolute atomic E-state index is 13.2. The molecule has 0 aliphatic heterocycles. The molecule has 0 spiro atoms. The molecule has 0 saturated heterocycles. The first-order valence-corrected chi connectivity index (χ1v) is 4.56. The molecule has 1 rings (SSSR count). The van der Waals surface area contributed by atoms with E-state index in [1.165, 1.54) is 13.0 Å². The van der Waals surface area contributed by atoms with E-state index in [4.69, 9.17) is 16.3 Å². The van der Waals surface area contributed by atoms with Gasteiger partial charge in [0.05, 0.1) is 17.2 Å². The lowest BCUT2D eigenvalue weighted by Crippen LogP contribution is -2.00. The van der Waals surface area contributed by atoms with Crippen LogP contribution < -0.4 is 4.74 Å². The number of benzene rings is 1. The SMILES string of the molecule is CCOc1cc(F)c(C(C)=O)cc1Cl. The van der Waals surface area contributed by atoms with Crippen LogP contribution in [0.5, 0.6) is 5.75 Å². The lowest BCUT2D eigenvalue weighted by atomic mass is 10.1.